The average Bonchev–Trinajstić information content (AvgIpc) is 3.16. The lowest BCUT2D eigenvalue weighted by molar-refractivity contribution is 0.0685. The third-order valence-electron chi connectivity index (χ3n) is 4.93. The van der Waals surface area contributed by atoms with Crippen molar-refractivity contribution in [2.24, 2.45) is 4.99 Å². The lowest BCUT2D eigenvalue weighted by Gasteiger charge is -2.28. The van der Waals surface area contributed by atoms with Gasteiger partial charge in [-0.2, -0.15) is 5.10 Å². The number of nitrogens with one attached hydrogen (secondary N) is 1. The van der Waals surface area contributed by atoms with Crippen molar-refractivity contribution in [3.05, 3.63) is 61.2 Å². The maximum atomic E-state index is 6.22. The van der Waals surface area contributed by atoms with Gasteiger partial charge in [-0.25, -0.2) is 4.99 Å². The van der Waals surface area contributed by atoms with E-state index in [1.54, 1.807) is 6.08 Å². The number of benzene rings is 2. The number of rotatable bonds is 4. The van der Waals surface area contributed by atoms with Gasteiger partial charge in [-0.3, -0.25) is 5.10 Å². The smallest absolute Gasteiger partial charge is 0.153 e. The third kappa shape index (κ3) is 3.86. The number of H-pyrrole nitrogens is 1. The number of aliphatic imine (C=N–C) groups is 1. The summed E-state index contributed by atoms with van der Waals surface area (Å²) in [7, 11) is 0. The SMILES string of the molecule is C=CC(=Nc1cc(-c2c(N)n[nH]c2-c2ccccc2)ccc1N)N1CCOCC1. The van der Waals surface area contributed by atoms with Gasteiger partial charge in [-0.15, -0.1) is 0 Å². The minimum Gasteiger partial charge on any atom is -0.397 e. The Bertz CT molecular complexity index is 1030. The molecule has 0 spiro atoms. The fourth-order valence-electron chi connectivity index (χ4n) is 3.42. The van der Waals surface area contributed by atoms with Gasteiger partial charge < -0.3 is 21.1 Å². The molecule has 0 amide bonds. The van der Waals surface area contributed by atoms with Crippen LogP contribution in [0.2, 0.25) is 0 Å². The number of ether oxygens (including phenoxy) is 1. The molecule has 4 rings (SSSR count). The lowest BCUT2D eigenvalue weighted by Crippen LogP contribution is -2.39. The second-order valence-corrected chi connectivity index (χ2v) is 6.77. The summed E-state index contributed by atoms with van der Waals surface area (Å²) in [6, 6.07) is 15.7. The molecule has 1 aliphatic heterocycles. The monoisotopic (exact) mass is 388 g/mol. The Morgan fingerprint density at radius 1 is 1.10 bits per heavy atom. The van der Waals surface area contributed by atoms with Crippen LogP contribution in [0.5, 0.6) is 0 Å². The van der Waals surface area contributed by atoms with Crippen LogP contribution in [0.1, 0.15) is 0 Å². The summed E-state index contributed by atoms with van der Waals surface area (Å²) in [4.78, 5) is 6.92. The first-order valence-electron chi connectivity index (χ1n) is 9.50. The van der Waals surface area contributed by atoms with Crippen LogP contribution in [0, 0.1) is 0 Å². The van der Waals surface area contributed by atoms with Crippen LogP contribution in [-0.2, 0) is 4.74 Å². The highest BCUT2D eigenvalue weighted by Crippen LogP contribution is 2.37. The first kappa shape index (κ1) is 18.8. The number of aromatic amines is 1. The van der Waals surface area contributed by atoms with Crippen molar-refractivity contribution >= 4 is 23.0 Å². The predicted octanol–water partition coefficient (Wildman–Crippen LogP) is 3.46. The topological polar surface area (TPSA) is 106 Å². The van der Waals surface area contributed by atoms with Crippen LogP contribution >= 0.6 is 0 Å². The average molecular weight is 388 g/mol. The molecule has 2 heterocycles. The summed E-state index contributed by atoms with van der Waals surface area (Å²) < 4.78 is 5.42. The van der Waals surface area contributed by atoms with Crippen molar-refractivity contribution in [3.8, 4) is 22.4 Å². The van der Waals surface area contributed by atoms with Crippen molar-refractivity contribution in [2.45, 2.75) is 0 Å². The van der Waals surface area contributed by atoms with Crippen LogP contribution in [-0.4, -0.2) is 47.2 Å². The second kappa shape index (κ2) is 8.20. The molecule has 5 N–H and O–H groups in total. The van der Waals surface area contributed by atoms with E-state index in [9.17, 15) is 0 Å². The van der Waals surface area contributed by atoms with Crippen LogP contribution < -0.4 is 11.5 Å². The number of nitrogens with zero attached hydrogens (tertiary/aromatic N) is 3. The van der Waals surface area contributed by atoms with Gasteiger partial charge in [-0.1, -0.05) is 43.0 Å². The Kier molecular flexibility index (Phi) is 5.31. The number of hydrogen-bond donors (Lipinski definition) is 3. The Morgan fingerprint density at radius 2 is 1.86 bits per heavy atom. The van der Waals surface area contributed by atoms with Crippen LogP contribution in [0.4, 0.5) is 17.2 Å². The van der Waals surface area contributed by atoms with Crippen LogP contribution in [0.15, 0.2) is 66.2 Å². The molecule has 7 heteroatoms. The molecular formula is C22H24N6O. The molecule has 1 saturated heterocycles. The van der Waals surface area contributed by atoms with Crippen molar-refractivity contribution in [2.75, 3.05) is 37.8 Å². The van der Waals surface area contributed by atoms with Crippen molar-refractivity contribution in [1.82, 2.24) is 15.1 Å². The molecule has 29 heavy (non-hydrogen) atoms. The largest absolute Gasteiger partial charge is 0.397 e. The summed E-state index contributed by atoms with van der Waals surface area (Å²) in [6.07, 6.45) is 1.75. The third-order valence-corrected chi connectivity index (χ3v) is 4.93. The Labute approximate surface area is 169 Å². The quantitative estimate of drug-likeness (QED) is 0.361. The molecular weight excluding hydrogens is 364 g/mol. The lowest BCUT2D eigenvalue weighted by atomic mass is 10.00. The van der Waals surface area contributed by atoms with E-state index in [1.165, 1.54) is 0 Å². The molecule has 0 bridgehead atoms. The van der Waals surface area contributed by atoms with Gasteiger partial charge in [0, 0.05) is 18.7 Å². The number of nitrogens with two attached hydrogens (primary N) is 2. The standard InChI is InChI=1S/C22H24N6O/c1-2-19(28-10-12-29-13-11-28)25-18-14-16(8-9-17(18)23)20-21(26-27-22(20)24)15-6-4-3-5-7-15/h2-9,14H,1,10-13,23H2,(H3,24,26,27). The van der Waals surface area contributed by atoms with Crippen molar-refractivity contribution in [1.29, 1.82) is 0 Å². The molecule has 1 aromatic heterocycles. The minimum absolute atomic E-state index is 0.431. The fourth-order valence-corrected chi connectivity index (χ4v) is 3.42. The van der Waals surface area contributed by atoms with E-state index in [4.69, 9.17) is 21.2 Å². The zero-order chi connectivity index (χ0) is 20.2. The number of hydrogen-bond acceptors (Lipinski definition) is 5. The van der Waals surface area contributed by atoms with E-state index in [0.717, 1.165) is 41.3 Å². The van der Waals surface area contributed by atoms with Crippen molar-refractivity contribution < 1.29 is 4.74 Å². The molecule has 148 valence electrons. The normalized spacial score (nSPS) is 14.8. The van der Waals surface area contributed by atoms with E-state index < -0.39 is 0 Å². The van der Waals surface area contributed by atoms with Gasteiger partial charge in [0.15, 0.2) is 5.82 Å². The molecule has 2 aromatic carbocycles. The van der Waals surface area contributed by atoms with Crippen LogP contribution in [0.25, 0.3) is 22.4 Å². The Balaban J connectivity index is 1.76. The van der Waals surface area contributed by atoms with E-state index in [0.29, 0.717) is 30.4 Å². The van der Waals surface area contributed by atoms with Gasteiger partial charge >= 0.3 is 0 Å². The van der Waals surface area contributed by atoms with Gasteiger partial charge in [0.25, 0.3) is 0 Å². The summed E-state index contributed by atoms with van der Waals surface area (Å²) >= 11 is 0. The number of amidine groups is 1. The van der Waals surface area contributed by atoms with E-state index >= 15 is 0 Å². The highest BCUT2D eigenvalue weighted by molar-refractivity contribution is 5.96. The molecule has 0 atom stereocenters. The zero-order valence-corrected chi connectivity index (χ0v) is 16.1. The number of anilines is 2. The van der Waals surface area contributed by atoms with Gasteiger partial charge in [0.05, 0.1) is 35.8 Å². The molecule has 3 aromatic rings. The predicted molar refractivity (Wildman–Crippen MR) is 118 cm³/mol. The number of nitrogen functional groups attached to an aromatic ring is 2. The first-order chi connectivity index (χ1) is 14.2. The highest BCUT2D eigenvalue weighted by Gasteiger charge is 2.17. The molecule has 0 radical (unpaired) electrons. The molecule has 0 saturated carbocycles. The summed E-state index contributed by atoms with van der Waals surface area (Å²) in [6.45, 7) is 6.81. The molecule has 1 fully saturated rings. The maximum Gasteiger partial charge on any atom is 0.153 e. The van der Waals surface area contributed by atoms with E-state index in [1.807, 2.05) is 48.5 Å². The van der Waals surface area contributed by atoms with Gasteiger partial charge in [0.1, 0.15) is 5.84 Å². The highest BCUT2D eigenvalue weighted by atomic mass is 16.5. The van der Waals surface area contributed by atoms with Gasteiger partial charge in [0.2, 0.25) is 0 Å². The fraction of sp³-hybridized carbons (Fsp3) is 0.182. The Hall–Kier alpha value is -3.58. The number of morpholine rings is 1. The zero-order valence-electron chi connectivity index (χ0n) is 16.1. The summed E-state index contributed by atoms with van der Waals surface area (Å²) in [5.74, 6) is 1.21. The summed E-state index contributed by atoms with van der Waals surface area (Å²) in [5, 5.41) is 7.27. The van der Waals surface area contributed by atoms with Crippen molar-refractivity contribution in [3.63, 3.8) is 0 Å². The molecule has 0 aliphatic carbocycles. The van der Waals surface area contributed by atoms with Crippen LogP contribution in [0.3, 0.4) is 0 Å². The van der Waals surface area contributed by atoms with E-state index in [-0.39, 0.29) is 0 Å². The maximum absolute atomic E-state index is 6.22. The molecule has 1 aliphatic rings. The molecule has 7 nitrogen and oxygen atoms in total. The van der Waals surface area contributed by atoms with Gasteiger partial charge in [-0.05, 0) is 23.8 Å². The minimum atomic E-state index is 0.431. The Morgan fingerprint density at radius 3 is 2.59 bits per heavy atom. The summed E-state index contributed by atoms with van der Waals surface area (Å²) in [5.41, 5.74) is 17.3. The second-order valence-electron chi connectivity index (χ2n) is 6.77. The molecule has 0 unspecified atom stereocenters. The number of aromatic nitrogens is 2. The first-order valence-corrected chi connectivity index (χ1v) is 9.50. The van der Waals surface area contributed by atoms with E-state index in [2.05, 4.69) is 21.7 Å².